The number of benzene rings is 2. The van der Waals surface area contributed by atoms with Gasteiger partial charge in [-0.15, -0.1) is 0 Å². The molecule has 6 heteroatoms. The third-order valence-electron chi connectivity index (χ3n) is 5.14. The summed E-state index contributed by atoms with van der Waals surface area (Å²) in [5.41, 5.74) is 3.03. The number of carbonyl (C=O) groups is 2. The van der Waals surface area contributed by atoms with Crippen LogP contribution >= 0.6 is 0 Å². The number of para-hydroxylation sites is 1. The minimum atomic E-state index is -0.394. The van der Waals surface area contributed by atoms with Gasteiger partial charge in [0, 0.05) is 18.5 Å². The Bertz CT molecular complexity index is 1000. The first-order valence-corrected chi connectivity index (χ1v) is 9.17. The van der Waals surface area contributed by atoms with Crippen LogP contribution in [0.4, 0.5) is 0 Å². The first kappa shape index (κ1) is 17.3. The van der Waals surface area contributed by atoms with Crippen LogP contribution in [0, 0.1) is 6.92 Å². The molecular weight excluding hydrogens is 340 g/mol. The summed E-state index contributed by atoms with van der Waals surface area (Å²) in [5.74, 6) is -0.214. The first-order valence-electron chi connectivity index (χ1n) is 9.17. The van der Waals surface area contributed by atoms with Gasteiger partial charge in [-0.05, 0) is 31.4 Å². The number of nitrogens with zero attached hydrogens (tertiary/aromatic N) is 1. The van der Waals surface area contributed by atoms with E-state index >= 15 is 0 Å². The first-order chi connectivity index (χ1) is 13.1. The minimum absolute atomic E-state index is 0.0348. The molecule has 1 aromatic heterocycles. The molecule has 27 heavy (non-hydrogen) atoms. The summed E-state index contributed by atoms with van der Waals surface area (Å²) in [7, 11) is 0. The van der Waals surface area contributed by atoms with Gasteiger partial charge < -0.3 is 10.6 Å². The topological polar surface area (TPSA) is 86.9 Å². The van der Waals surface area contributed by atoms with Crippen LogP contribution in [0.5, 0.6) is 0 Å². The van der Waals surface area contributed by atoms with Crippen LogP contribution in [0.2, 0.25) is 0 Å². The molecule has 1 aliphatic rings. The van der Waals surface area contributed by atoms with E-state index in [2.05, 4.69) is 26.9 Å². The van der Waals surface area contributed by atoms with Gasteiger partial charge >= 0.3 is 0 Å². The molecule has 0 unspecified atom stereocenters. The van der Waals surface area contributed by atoms with E-state index in [1.807, 2.05) is 49.4 Å². The van der Waals surface area contributed by atoms with Crippen LogP contribution < -0.4 is 10.6 Å². The average Bonchev–Trinajstić information content (AvgIpc) is 3.38. The van der Waals surface area contributed by atoms with Crippen LogP contribution in [0.1, 0.15) is 34.5 Å². The number of hydrogen-bond donors (Lipinski definition) is 3. The van der Waals surface area contributed by atoms with Crippen molar-refractivity contribution in [1.82, 2.24) is 20.8 Å². The number of carbonyl (C=O) groups excluding carboxylic acids is 2. The predicted octanol–water partition coefficient (Wildman–Crippen LogP) is 2.45. The monoisotopic (exact) mass is 362 g/mol. The molecule has 2 amide bonds. The second-order valence-electron chi connectivity index (χ2n) is 7.08. The van der Waals surface area contributed by atoms with Crippen molar-refractivity contribution in [2.24, 2.45) is 0 Å². The minimum Gasteiger partial charge on any atom is -0.354 e. The van der Waals surface area contributed by atoms with Crippen LogP contribution in [-0.4, -0.2) is 35.1 Å². The zero-order valence-electron chi connectivity index (χ0n) is 15.2. The lowest BCUT2D eigenvalue weighted by Crippen LogP contribution is -2.40. The van der Waals surface area contributed by atoms with E-state index < -0.39 is 5.41 Å². The summed E-state index contributed by atoms with van der Waals surface area (Å²) in [6, 6.07) is 15.6. The second-order valence-corrected chi connectivity index (χ2v) is 7.08. The third-order valence-corrected chi connectivity index (χ3v) is 5.14. The Morgan fingerprint density at radius 2 is 1.85 bits per heavy atom. The molecule has 6 nitrogen and oxygen atoms in total. The number of aromatic nitrogens is 2. The summed E-state index contributed by atoms with van der Waals surface area (Å²) in [6.45, 7) is 2.78. The molecule has 0 saturated heterocycles. The molecule has 1 saturated carbocycles. The highest BCUT2D eigenvalue weighted by Gasteiger charge is 2.51. The van der Waals surface area contributed by atoms with Gasteiger partial charge in [-0.3, -0.25) is 14.7 Å². The van der Waals surface area contributed by atoms with Gasteiger partial charge in [-0.25, -0.2) is 0 Å². The Morgan fingerprint density at radius 3 is 2.63 bits per heavy atom. The Kier molecular flexibility index (Phi) is 4.39. The number of aromatic amines is 1. The summed E-state index contributed by atoms with van der Waals surface area (Å²) in [6.07, 6.45) is 1.74. The van der Waals surface area contributed by atoms with Crippen molar-refractivity contribution in [2.45, 2.75) is 25.2 Å². The van der Waals surface area contributed by atoms with E-state index in [-0.39, 0.29) is 11.8 Å². The number of amides is 2. The summed E-state index contributed by atoms with van der Waals surface area (Å²) >= 11 is 0. The molecule has 0 bridgehead atoms. The van der Waals surface area contributed by atoms with E-state index in [1.54, 1.807) is 0 Å². The van der Waals surface area contributed by atoms with E-state index in [9.17, 15) is 9.59 Å². The fourth-order valence-electron chi connectivity index (χ4n) is 3.46. The largest absolute Gasteiger partial charge is 0.354 e. The van der Waals surface area contributed by atoms with Crippen LogP contribution in [0.3, 0.4) is 0 Å². The smallest absolute Gasteiger partial charge is 0.272 e. The number of fused-ring (bicyclic) bond motifs is 1. The van der Waals surface area contributed by atoms with E-state index in [0.29, 0.717) is 18.8 Å². The van der Waals surface area contributed by atoms with Gasteiger partial charge in [-0.1, -0.05) is 48.0 Å². The predicted molar refractivity (Wildman–Crippen MR) is 104 cm³/mol. The number of aryl methyl sites for hydroxylation is 1. The number of hydrogen-bond acceptors (Lipinski definition) is 3. The van der Waals surface area contributed by atoms with Gasteiger partial charge in [0.25, 0.3) is 5.91 Å². The normalized spacial score (nSPS) is 14.7. The van der Waals surface area contributed by atoms with Crippen molar-refractivity contribution in [3.63, 3.8) is 0 Å². The SMILES string of the molecule is Cc1cccc(C2(C(=O)NCCNC(=O)c3n[nH]c4ccccc34)CC2)c1. The fraction of sp³-hybridized carbons (Fsp3) is 0.286. The summed E-state index contributed by atoms with van der Waals surface area (Å²) in [4.78, 5) is 25.0. The summed E-state index contributed by atoms with van der Waals surface area (Å²) < 4.78 is 0. The summed E-state index contributed by atoms with van der Waals surface area (Å²) in [5, 5.41) is 13.5. The number of H-pyrrole nitrogens is 1. The highest BCUT2D eigenvalue weighted by atomic mass is 16.2. The Morgan fingerprint density at radius 1 is 1.07 bits per heavy atom. The van der Waals surface area contributed by atoms with Crippen LogP contribution in [-0.2, 0) is 10.2 Å². The molecule has 3 aromatic rings. The molecule has 3 N–H and O–H groups in total. The maximum atomic E-state index is 12.6. The molecule has 4 rings (SSSR count). The fourth-order valence-corrected chi connectivity index (χ4v) is 3.46. The van der Waals surface area contributed by atoms with Crippen molar-refractivity contribution in [3.8, 4) is 0 Å². The lowest BCUT2D eigenvalue weighted by molar-refractivity contribution is -0.123. The quantitative estimate of drug-likeness (QED) is 0.589. The maximum absolute atomic E-state index is 12.6. The van der Waals surface area contributed by atoms with E-state index in [1.165, 1.54) is 0 Å². The highest BCUT2D eigenvalue weighted by Crippen LogP contribution is 2.48. The standard InChI is InChI=1S/C21H22N4O2/c1-14-5-4-6-15(13-14)21(9-10-21)20(27)23-12-11-22-19(26)18-16-7-2-3-8-17(16)24-25-18/h2-8,13H,9-12H2,1H3,(H,22,26)(H,23,27)(H,24,25). The van der Waals surface area contributed by atoms with Crippen LogP contribution in [0.25, 0.3) is 10.9 Å². The van der Waals surface area contributed by atoms with Crippen LogP contribution in [0.15, 0.2) is 48.5 Å². The number of rotatable bonds is 6. The maximum Gasteiger partial charge on any atom is 0.272 e. The second kappa shape index (κ2) is 6.87. The van der Waals surface area contributed by atoms with Crippen molar-refractivity contribution in [3.05, 3.63) is 65.4 Å². The molecule has 0 aliphatic heterocycles. The third kappa shape index (κ3) is 3.30. The van der Waals surface area contributed by atoms with Crippen molar-refractivity contribution in [1.29, 1.82) is 0 Å². The van der Waals surface area contributed by atoms with Gasteiger partial charge in [-0.2, -0.15) is 5.10 Å². The average molecular weight is 362 g/mol. The molecular formula is C21H22N4O2. The van der Waals surface area contributed by atoms with Gasteiger partial charge in [0.15, 0.2) is 5.69 Å². The van der Waals surface area contributed by atoms with E-state index in [4.69, 9.17) is 0 Å². The van der Waals surface area contributed by atoms with Crippen molar-refractivity contribution >= 4 is 22.7 Å². The molecule has 1 fully saturated rings. The molecule has 138 valence electrons. The zero-order chi connectivity index (χ0) is 18.9. The lowest BCUT2D eigenvalue weighted by Gasteiger charge is -2.16. The molecule has 1 heterocycles. The Balaban J connectivity index is 1.31. The van der Waals surface area contributed by atoms with Crippen molar-refractivity contribution in [2.75, 3.05) is 13.1 Å². The van der Waals surface area contributed by atoms with Crippen molar-refractivity contribution < 1.29 is 9.59 Å². The molecule has 0 spiro atoms. The molecule has 0 atom stereocenters. The highest BCUT2D eigenvalue weighted by molar-refractivity contribution is 6.04. The lowest BCUT2D eigenvalue weighted by atomic mass is 9.93. The molecule has 2 aromatic carbocycles. The Labute approximate surface area is 157 Å². The molecule has 1 aliphatic carbocycles. The molecule has 0 radical (unpaired) electrons. The zero-order valence-corrected chi connectivity index (χ0v) is 15.2. The van der Waals surface area contributed by atoms with Gasteiger partial charge in [0.2, 0.25) is 5.91 Å². The van der Waals surface area contributed by atoms with E-state index in [0.717, 1.165) is 34.9 Å². The Hall–Kier alpha value is -3.15. The van der Waals surface area contributed by atoms with Gasteiger partial charge in [0.1, 0.15) is 0 Å². The van der Waals surface area contributed by atoms with Gasteiger partial charge in [0.05, 0.1) is 10.9 Å². The number of nitrogens with one attached hydrogen (secondary N) is 3.